The Kier molecular flexibility index (Phi) is 18.6. The molecule has 0 atom stereocenters. The summed E-state index contributed by atoms with van der Waals surface area (Å²) in [6.45, 7) is 3.27. The van der Waals surface area contributed by atoms with Crippen LogP contribution in [0, 0.1) is 13.8 Å². The number of aryl methyl sites for hydroxylation is 2. The maximum absolute atomic E-state index is 13.3. The Morgan fingerprint density at radius 1 is 0.500 bits per heavy atom. The molecule has 0 bridgehead atoms. The minimum absolute atomic E-state index is 0. The van der Waals surface area contributed by atoms with Crippen molar-refractivity contribution in [2.24, 2.45) is 10.2 Å². The van der Waals surface area contributed by atoms with E-state index < -0.39 is 94.4 Å². The second-order valence-corrected chi connectivity index (χ2v) is 18.1. The maximum Gasteiger partial charge on any atom is 1.00 e. The fraction of sp³-hybridized carbons (Fsp3) is 0.0588. The zero-order valence-electron chi connectivity index (χ0n) is 33.3. The summed E-state index contributed by atoms with van der Waals surface area (Å²) in [4.78, 5) is 22.8. The van der Waals surface area contributed by atoms with E-state index in [0.29, 0.717) is 34.4 Å². The summed E-state index contributed by atoms with van der Waals surface area (Å²) < 4.78 is 142. The summed E-state index contributed by atoms with van der Waals surface area (Å²) in [5, 5.41) is 7.77. The van der Waals surface area contributed by atoms with Gasteiger partial charge in [0.15, 0.2) is 0 Å². The number of benzene rings is 4. The van der Waals surface area contributed by atoms with Gasteiger partial charge in [0.2, 0.25) is 11.6 Å². The van der Waals surface area contributed by atoms with Gasteiger partial charge in [0.25, 0.3) is 0 Å². The first-order valence-electron chi connectivity index (χ1n) is 15.9. The van der Waals surface area contributed by atoms with Crippen LogP contribution in [0.25, 0.3) is 23.3 Å². The van der Waals surface area contributed by atoms with Gasteiger partial charge in [-0.25, -0.2) is 33.7 Å². The Labute approximate surface area is 443 Å². The van der Waals surface area contributed by atoms with Crippen molar-refractivity contribution in [3.63, 3.8) is 0 Å². The van der Waals surface area contributed by atoms with E-state index in [0.717, 1.165) is 24.3 Å². The normalized spacial score (nSPS) is 15.1. The van der Waals surface area contributed by atoms with Gasteiger partial charge in [-0.2, -0.15) is 10.2 Å². The van der Waals surface area contributed by atoms with E-state index in [2.05, 4.69) is 21.1 Å². The minimum Gasteiger partial charge on any atom is -0.744 e. The number of fused-ring (bicyclic) bond motifs is 2. The second kappa shape index (κ2) is 20.6. The molecular weight excluding hydrogens is 937 g/mol. The zero-order valence-corrected chi connectivity index (χ0v) is 44.6. The fourth-order valence-corrected chi connectivity index (χ4v) is 8.38. The van der Waals surface area contributed by atoms with Crippen molar-refractivity contribution in [3.05, 3.63) is 104 Å². The number of anilines is 4. The van der Waals surface area contributed by atoms with Crippen molar-refractivity contribution >= 4 is 98.4 Å². The van der Waals surface area contributed by atoms with E-state index in [-0.39, 0.29) is 152 Å². The molecule has 0 aliphatic heterocycles. The monoisotopic (exact) mass is 960 g/mol. The third kappa shape index (κ3) is 11.8. The van der Waals surface area contributed by atoms with Gasteiger partial charge in [0.1, 0.15) is 51.9 Å². The molecule has 20 nitrogen and oxygen atoms in total. The molecule has 0 aromatic heterocycles. The summed E-state index contributed by atoms with van der Waals surface area (Å²) in [7, 11) is -20.9. The molecule has 0 spiro atoms. The third-order valence-electron chi connectivity index (χ3n) is 8.75. The molecule has 4 aromatic carbocycles. The van der Waals surface area contributed by atoms with Gasteiger partial charge < -0.3 is 29.7 Å². The van der Waals surface area contributed by atoms with Gasteiger partial charge in [-0.1, -0.05) is 12.1 Å². The van der Waals surface area contributed by atoms with Crippen LogP contribution in [0.4, 0.5) is 22.7 Å². The number of ketones is 2. The molecule has 4 aromatic rings. The molecule has 0 radical (unpaired) electrons. The van der Waals surface area contributed by atoms with E-state index in [1.54, 1.807) is 38.1 Å². The number of nitrogens with two attached hydrogens (primary N) is 2. The standard InChI is InChI=1S/C34H28N6O14S4.4Na/c1-15-7-17(3-5-25(15)37-39-31-27(57(49,50)51)11-19-9-21(55(43,44)45)13-23(35)29(19)33(31)41)18-4-6-26(16(2)8-18)38-40-32-28(58(52,53)54)12-20-10-22(56(46,47)48)14-24(36)30(20)34(32)42;;;;/h3-14,37-38H,35-36H2,1-2H3,(H,43,44,45)(H,46,47,48)(H,49,50,51)(H,52,53,54);;;;/q;4*+1/p-4/b39-31-,40-32+;;;;. The van der Waals surface area contributed by atoms with Gasteiger partial charge in [-0.3, -0.25) is 20.4 Å². The molecule has 302 valence electrons. The van der Waals surface area contributed by atoms with Crippen LogP contribution in [0.1, 0.15) is 43.0 Å². The Morgan fingerprint density at radius 2 is 0.823 bits per heavy atom. The topological polar surface area (TPSA) is 364 Å². The molecule has 0 saturated carbocycles. The van der Waals surface area contributed by atoms with Crippen molar-refractivity contribution in [1.82, 2.24) is 0 Å². The van der Waals surface area contributed by atoms with Crippen molar-refractivity contribution in [2.75, 3.05) is 22.3 Å². The number of rotatable bonds is 9. The van der Waals surface area contributed by atoms with Crippen LogP contribution in [-0.2, 0) is 40.5 Å². The molecule has 6 N–H and O–H groups in total. The number of allylic oxidation sites excluding steroid dienone is 2. The molecule has 62 heavy (non-hydrogen) atoms. The molecule has 28 heteroatoms. The Hall–Kier alpha value is -2.12. The number of hydrazone groups is 2. The van der Waals surface area contributed by atoms with Gasteiger partial charge in [-0.15, -0.1) is 0 Å². The SMILES string of the molecule is Cc1cc(-c2ccc(N/N=C3\C(=O)c4c(N)cc(S(=O)(=O)[O-])cc4C=C3S(=O)(=O)[O-])c(C)c2)ccc1N/N=C1/C(=O)c2c(N)cc(S(=O)(=O)[O-])cc2C=C1S(=O)(=O)[O-].[Na+].[Na+].[Na+].[Na+]. The smallest absolute Gasteiger partial charge is 0.744 e. The average Bonchev–Trinajstić information content (AvgIpc) is 3.09. The van der Waals surface area contributed by atoms with Gasteiger partial charge >= 0.3 is 118 Å². The Balaban J connectivity index is 0.00000331. The van der Waals surface area contributed by atoms with Crippen molar-refractivity contribution in [1.29, 1.82) is 0 Å². The molecule has 0 saturated heterocycles. The summed E-state index contributed by atoms with van der Waals surface area (Å²) in [5.41, 5.74) is 15.4. The number of carbonyl (C=O) groups excluding carboxylic acids is 2. The number of hydrogen-bond acceptors (Lipinski definition) is 20. The Bertz CT molecular complexity index is 2950. The van der Waals surface area contributed by atoms with Gasteiger partial charge in [-0.05, 0) is 108 Å². The third-order valence-corrected chi connectivity index (χ3v) is 12.1. The van der Waals surface area contributed by atoms with Crippen LogP contribution in [0.5, 0.6) is 0 Å². The van der Waals surface area contributed by atoms with E-state index in [1.807, 2.05) is 0 Å². The summed E-state index contributed by atoms with van der Waals surface area (Å²) >= 11 is 0. The van der Waals surface area contributed by atoms with Crippen LogP contribution < -0.4 is 141 Å². The van der Waals surface area contributed by atoms with Crippen LogP contribution in [0.2, 0.25) is 0 Å². The maximum atomic E-state index is 13.3. The Morgan fingerprint density at radius 3 is 1.10 bits per heavy atom. The number of Topliss-reactive ketones (excluding diaryl/α,β-unsaturated/α-hetero) is 2. The van der Waals surface area contributed by atoms with Crippen LogP contribution in [0.15, 0.2) is 90.5 Å². The summed E-state index contributed by atoms with van der Waals surface area (Å²) in [6, 6.07) is 12.5. The second-order valence-electron chi connectivity index (χ2n) is 12.6. The first-order chi connectivity index (χ1) is 26.8. The zero-order chi connectivity index (χ0) is 42.9. The largest absolute Gasteiger partial charge is 1.00 e. The first-order valence-corrected chi connectivity index (χ1v) is 21.5. The molecular formula is C34H24N6Na4O14S4. The predicted molar refractivity (Wildman–Crippen MR) is 205 cm³/mol. The van der Waals surface area contributed by atoms with Gasteiger partial charge in [0, 0.05) is 11.4 Å². The molecule has 2 aliphatic rings. The van der Waals surface area contributed by atoms with Crippen molar-refractivity contribution < 1.29 is 180 Å². The quantitative estimate of drug-likeness (QED) is 0.0524. The van der Waals surface area contributed by atoms with Crippen LogP contribution >= 0.6 is 0 Å². The summed E-state index contributed by atoms with van der Waals surface area (Å²) in [6.07, 6.45) is 1.39. The van der Waals surface area contributed by atoms with Crippen molar-refractivity contribution in [3.8, 4) is 11.1 Å². The predicted octanol–water partition coefficient (Wildman–Crippen LogP) is -9.94. The number of carbonyl (C=O) groups is 2. The first kappa shape index (κ1) is 56.0. The molecule has 0 fully saturated rings. The van der Waals surface area contributed by atoms with Gasteiger partial charge in [0.05, 0.1) is 42.1 Å². The van der Waals surface area contributed by atoms with Crippen LogP contribution in [0.3, 0.4) is 0 Å². The van der Waals surface area contributed by atoms with E-state index in [4.69, 9.17) is 11.5 Å². The van der Waals surface area contributed by atoms with Crippen LogP contribution in [-0.4, -0.2) is 74.9 Å². The summed E-state index contributed by atoms with van der Waals surface area (Å²) in [5.74, 6) is -2.27. The number of nitrogen functional groups attached to an aromatic ring is 2. The molecule has 0 amide bonds. The number of nitrogens with one attached hydrogen (secondary N) is 2. The number of nitrogens with zero attached hydrogens (tertiary/aromatic N) is 2. The fourth-order valence-electron chi connectivity index (χ4n) is 6.00. The van der Waals surface area contributed by atoms with Crippen molar-refractivity contribution in [2.45, 2.75) is 23.6 Å². The molecule has 0 heterocycles. The molecule has 0 unspecified atom stereocenters. The number of hydrogen-bond donors (Lipinski definition) is 4. The van der Waals surface area contributed by atoms with E-state index in [1.165, 1.54) is 12.1 Å². The molecule has 2 aliphatic carbocycles. The molecule has 6 rings (SSSR count). The minimum atomic E-state index is -5.37. The average molecular weight is 961 g/mol. The van der Waals surface area contributed by atoms with E-state index >= 15 is 0 Å². The van der Waals surface area contributed by atoms with E-state index in [9.17, 15) is 61.5 Å².